The first-order valence-electron chi connectivity index (χ1n) is 16.7. The number of likely N-dealkylation sites (tertiary alicyclic amines) is 1. The van der Waals surface area contributed by atoms with Gasteiger partial charge in [0.15, 0.2) is 11.0 Å². The third kappa shape index (κ3) is 10.7. The van der Waals surface area contributed by atoms with E-state index in [0.29, 0.717) is 23.5 Å². The van der Waals surface area contributed by atoms with E-state index < -0.39 is 41.1 Å². The summed E-state index contributed by atoms with van der Waals surface area (Å²) in [5.41, 5.74) is 6.24. The van der Waals surface area contributed by atoms with Gasteiger partial charge in [0.25, 0.3) is 0 Å². The first kappa shape index (κ1) is 41.1. The van der Waals surface area contributed by atoms with E-state index in [1.165, 1.54) is 14.2 Å². The maximum Gasteiger partial charge on any atom is 0.242 e. The Labute approximate surface area is 289 Å². The van der Waals surface area contributed by atoms with Crippen molar-refractivity contribution in [1.82, 2.24) is 24.7 Å². The van der Waals surface area contributed by atoms with Crippen LogP contribution in [0, 0.1) is 17.8 Å². The first-order chi connectivity index (χ1) is 22.6. The van der Waals surface area contributed by atoms with Gasteiger partial charge in [-0.3, -0.25) is 28.8 Å². The van der Waals surface area contributed by atoms with Gasteiger partial charge in [-0.25, -0.2) is 4.21 Å². The van der Waals surface area contributed by atoms with Crippen molar-refractivity contribution in [3.8, 4) is 0 Å². The number of nitrogens with two attached hydrogens (primary N) is 1. The lowest BCUT2D eigenvalue weighted by atomic mass is 9.90. The number of rotatable bonds is 18. The highest BCUT2D eigenvalue weighted by Gasteiger charge is 2.42. The first-order valence-corrected chi connectivity index (χ1v) is 17.9. The van der Waals surface area contributed by atoms with Gasteiger partial charge in [0.05, 0.1) is 54.1 Å². The molecule has 1 heterocycles. The average Bonchev–Trinajstić information content (AvgIpc) is 3.52. The van der Waals surface area contributed by atoms with E-state index in [1.54, 1.807) is 48.0 Å². The molecule has 1 saturated heterocycles. The number of carbonyl (C=O) groups is 4. The molecule has 0 aromatic heterocycles. The number of nitrogens with one attached hydrogen (secondary N) is 2. The largest absolute Gasteiger partial charge is 0.399 e. The topological polar surface area (TPSA) is 164 Å². The summed E-state index contributed by atoms with van der Waals surface area (Å²) >= 11 is 0. The third-order valence-corrected chi connectivity index (χ3v) is 10.5. The van der Waals surface area contributed by atoms with Crippen LogP contribution in [0.15, 0.2) is 29.2 Å². The fourth-order valence-electron chi connectivity index (χ4n) is 6.69. The lowest BCUT2D eigenvalue weighted by Crippen LogP contribution is -2.55. The number of likely N-dealkylation sites (N-methyl/N-ethyl adjacent to an activating group) is 2. The van der Waals surface area contributed by atoms with E-state index in [9.17, 15) is 23.4 Å². The van der Waals surface area contributed by atoms with Crippen molar-refractivity contribution in [3.63, 3.8) is 0 Å². The Balaban J connectivity index is 2.16. The highest BCUT2D eigenvalue weighted by atomic mass is 32.2. The second-order valence-electron chi connectivity index (χ2n) is 13.3. The normalized spacial score (nSPS) is 19.2. The number of benzene rings is 1. The van der Waals surface area contributed by atoms with Crippen LogP contribution in [0.3, 0.4) is 0 Å². The van der Waals surface area contributed by atoms with Gasteiger partial charge in [-0.1, -0.05) is 41.0 Å². The number of ether oxygens (including phenoxy) is 2. The minimum atomic E-state index is -1.78. The van der Waals surface area contributed by atoms with Crippen LogP contribution in [-0.4, -0.2) is 121 Å². The third-order valence-electron chi connectivity index (χ3n) is 9.46. The van der Waals surface area contributed by atoms with Gasteiger partial charge >= 0.3 is 0 Å². The summed E-state index contributed by atoms with van der Waals surface area (Å²) < 4.78 is 27.1. The molecule has 0 saturated carbocycles. The Morgan fingerprint density at radius 1 is 1.02 bits per heavy atom. The van der Waals surface area contributed by atoms with E-state index in [-0.39, 0.29) is 54.6 Å². The van der Waals surface area contributed by atoms with E-state index in [2.05, 4.69) is 10.0 Å². The fourth-order valence-corrected chi connectivity index (χ4v) is 7.56. The Kier molecular flexibility index (Phi) is 16.4. The highest BCUT2D eigenvalue weighted by Crippen LogP contribution is 2.29. The van der Waals surface area contributed by atoms with Crippen molar-refractivity contribution in [1.29, 1.82) is 0 Å². The summed E-state index contributed by atoms with van der Waals surface area (Å²) in [6.07, 6.45) is 0.860. The minimum Gasteiger partial charge on any atom is -0.399 e. The van der Waals surface area contributed by atoms with Crippen LogP contribution in [0.5, 0.6) is 0 Å². The monoisotopic (exact) mass is 694 g/mol. The van der Waals surface area contributed by atoms with Crippen LogP contribution in [0.2, 0.25) is 0 Å². The summed E-state index contributed by atoms with van der Waals surface area (Å²) in [5.74, 6) is -1.78. The second-order valence-corrected chi connectivity index (χ2v) is 14.5. The summed E-state index contributed by atoms with van der Waals surface area (Å²) in [6, 6.07) is 5.22. The summed E-state index contributed by atoms with van der Waals surface area (Å²) in [4.78, 5) is 59.0. The minimum absolute atomic E-state index is 0.00988. The van der Waals surface area contributed by atoms with Crippen molar-refractivity contribution in [3.05, 3.63) is 24.3 Å². The molecule has 8 atom stereocenters. The zero-order valence-corrected chi connectivity index (χ0v) is 31.2. The molecule has 1 aliphatic heterocycles. The van der Waals surface area contributed by atoms with Gasteiger partial charge in [0.2, 0.25) is 23.6 Å². The molecule has 2 rings (SSSR count). The fraction of sp³-hybridized carbons (Fsp3) is 0.706. The number of nitrogens with zero attached hydrogens (tertiary/aromatic N) is 3. The van der Waals surface area contributed by atoms with Crippen LogP contribution in [0.1, 0.15) is 60.3 Å². The second kappa shape index (κ2) is 19.2. The standard InChI is InChI=1S/C34H58N6O7S/c1-11-22(4)31(39(8)29(42)20-36-34(44)30(21(2)3)38(6)7)27(46-9)19-28(41)40-18-12-13-26(40)32(47-10)23(5)33(43)37-48(45)25-16-14-24(35)15-17-25/h14-17,21-23,26-27,30-32H,11-13,18-20,35H2,1-10H3,(H,36,44)(H,37,43). The SMILES string of the molecule is CCC(C)C(C(CC(=O)N1CCCC1C(OC)C(C)C(=O)NS(=O)c1ccc(N)cc1)OC)N(C)C(=O)CNC(=O)C(C(C)C)N(C)C. The van der Waals surface area contributed by atoms with Crippen LogP contribution < -0.4 is 15.8 Å². The molecule has 1 fully saturated rings. The Morgan fingerprint density at radius 2 is 1.65 bits per heavy atom. The molecule has 14 heteroatoms. The van der Waals surface area contributed by atoms with Gasteiger partial charge in [0.1, 0.15) is 0 Å². The molecule has 48 heavy (non-hydrogen) atoms. The molecule has 1 aromatic rings. The van der Waals surface area contributed by atoms with Crippen molar-refractivity contribution in [2.45, 2.75) is 95.5 Å². The van der Waals surface area contributed by atoms with E-state index in [4.69, 9.17) is 15.2 Å². The number of hydrogen-bond acceptors (Lipinski definition) is 9. The molecular weight excluding hydrogens is 636 g/mol. The quantitative estimate of drug-likeness (QED) is 0.195. The molecule has 0 radical (unpaired) electrons. The van der Waals surface area contributed by atoms with E-state index in [0.717, 1.165) is 12.8 Å². The molecule has 1 aromatic carbocycles. The van der Waals surface area contributed by atoms with Crippen molar-refractivity contribution < 1.29 is 32.9 Å². The van der Waals surface area contributed by atoms with Crippen LogP contribution >= 0.6 is 0 Å². The molecule has 8 unspecified atom stereocenters. The van der Waals surface area contributed by atoms with Crippen molar-refractivity contribution >= 4 is 40.3 Å². The molecule has 0 bridgehead atoms. The van der Waals surface area contributed by atoms with E-state index >= 15 is 0 Å². The molecule has 0 aliphatic carbocycles. The van der Waals surface area contributed by atoms with Crippen molar-refractivity contribution in [2.75, 3.05) is 54.2 Å². The maximum atomic E-state index is 13.9. The number of methoxy groups -OCH3 is 2. The summed E-state index contributed by atoms with van der Waals surface area (Å²) in [6.45, 7) is 9.96. The number of amides is 4. The van der Waals surface area contributed by atoms with Gasteiger partial charge in [-0.15, -0.1) is 0 Å². The van der Waals surface area contributed by atoms with Gasteiger partial charge < -0.3 is 30.3 Å². The average molecular weight is 695 g/mol. The lowest BCUT2D eigenvalue weighted by molar-refractivity contribution is -0.145. The Hall–Kier alpha value is -3.07. The lowest BCUT2D eigenvalue weighted by Gasteiger charge is -2.39. The molecule has 13 nitrogen and oxygen atoms in total. The molecule has 272 valence electrons. The highest BCUT2D eigenvalue weighted by molar-refractivity contribution is 7.83. The van der Waals surface area contributed by atoms with Gasteiger partial charge in [-0.05, 0) is 63.0 Å². The zero-order valence-electron chi connectivity index (χ0n) is 30.4. The van der Waals surface area contributed by atoms with Gasteiger partial charge in [0, 0.05) is 33.5 Å². The zero-order chi connectivity index (χ0) is 36.3. The van der Waals surface area contributed by atoms with Crippen LogP contribution in [0.25, 0.3) is 0 Å². The van der Waals surface area contributed by atoms with Gasteiger partial charge in [-0.2, -0.15) is 0 Å². The number of hydrogen-bond donors (Lipinski definition) is 3. The number of anilines is 1. The van der Waals surface area contributed by atoms with Crippen LogP contribution in [-0.2, 0) is 39.6 Å². The van der Waals surface area contributed by atoms with E-state index in [1.807, 2.05) is 46.7 Å². The summed E-state index contributed by atoms with van der Waals surface area (Å²) in [5, 5.41) is 2.79. The Bertz CT molecular complexity index is 1240. The smallest absolute Gasteiger partial charge is 0.242 e. The van der Waals surface area contributed by atoms with Crippen LogP contribution in [0.4, 0.5) is 5.69 Å². The summed E-state index contributed by atoms with van der Waals surface area (Å²) in [7, 11) is 6.60. The molecular formula is C34H58N6O7S. The maximum absolute atomic E-state index is 13.9. The van der Waals surface area contributed by atoms with Crippen molar-refractivity contribution in [2.24, 2.45) is 17.8 Å². The molecule has 4 N–H and O–H groups in total. The molecule has 4 amide bonds. The molecule has 1 aliphatic rings. The number of nitrogen functional groups attached to an aromatic ring is 1. The molecule has 0 spiro atoms. The number of carbonyl (C=O) groups excluding carboxylic acids is 4. The predicted octanol–water partition coefficient (Wildman–Crippen LogP) is 2.03. The predicted molar refractivity (Wildman–Crippen MR) is 187 cm³/mol. The Morgan fingerprint density at radius 3 is 2.17 bits per heavy atom.